The number of rotatable bonds is 9. The summed E-state index contributed by atoms with van der Waals surface area (Å²) in [6.45, 7) is 13.3. The first-order valence-electron chi connectivity index (χ1n) is 7.51. The number of thioether (sulfide) groups is 3. The summed E-state index contributed by atoms with van der Waals surface area (Å²) in [4.78, 5) is 13.8. The van der Waals surface area contributed by atoms with Crippen molar-refractivity contribution in [2.45, 2.75) is 57.0 Å². The van der Waals surface area contributed by atoms with Crippen molar-refractivity contribution >= 4 is 35.3 Å². The van der Waals surface area contributed by atoms with Crippen molar-refractivity contribution in [2.75, 3.05) is 17.3 Å². The van der Waals surface area contributed by atoms with E-state index in [4.69, 9.17) is 0 Å². The van der Waals surface area contributed by atoms with E-state index in [-0.39, 0.29) is 0 Å². The van der Waals surface area contributed by atoms with Gasteiger partial charge in [0.2, 0.25) is 0 Å². The van der Waals surface area contributed by atoms with Crippen LogP contribution >= 0.6 is 35.3 Å². The minimum atomic E-state index is 0.644. The molecule has 1 aromatic heterocycles. The van der Waals surface area contributed by atoms with Gasteiger partial charge in [0.15, 0.2) is 15.5 Å². The van der Waals surface area contributed by atoms with Crippen LogP contribution in [0.1, 0.15) is 41.5 Å². The summed E-state index contributed by atoms with van der Waals surface area (Å²) in [6, 6.07) is 0. The highest BCUT2D eigenvalue weighted by Gasteiger charge is 2.10. The van der Waals surface area contributed by atoms with Crippen LogP contribution in [0.5, 0.6) is 0 Å². The highest BCUT2D eigenvalue weighted by molar-refractivity contribution is 8.00. The maximum Gasteiger partial charge on any atom is 0.192 e. The Kier molecular flexibility index (Phi) is 9.06. The van der Waals surface area contributed by atoms with Gasteiger partial charge in [0, 0.05) is 17.3 Å². The molecular formula is C15H27N3S3. The number of aromatic nitrogens is 3. The van der Waals surface area contributed by atoms with Crippen molar-refractivity contribution in [1.29, 1.82) is 0 Å². The van der Waals surface area contributed by atoms with E-state index in [0.29, 0.717) is 17.8 Å². The Morgan fingerprint density at radius 2 is 0.810 bits per heavy atom. The molecule has 0 aliphatic carbocycles. The third-order valence-electron chi connectivity index (χ3n) is 2.21. The molecule has 6 heteroatoms. The van der Waals surface area contributed by atoms with Crippen molar-refractivity contribution in [3.05, 3.63) is 0 Å². The summed E-state index contributed by atoms with van der Waals surface area (Å²) in [5.41, 5.74) is 0. The molecule has 1 rings (SSSR count). The fourth-order valence-corrected chi connectivity index (χ4v) is 3.76. The fraction of sp³-hybridized carbons (Fsp3) is 0.800. The SMILES string of the molecule is CC(C)CSc1nc(SCC(C)C)nc(SCC(C)C)n1. The van der Waals surface area contributed by atoms with E-state index in [0.717, 1.165) is 32.7 Å². The molecule has 120 valence electrons. The zero-order valence-corrected chi connectivity index (χ0v) is 16.4. The summed E-state index contributed by atoms with van der Waals surface area (Å²) in [5.74, 6) is 5.08. The van der Waals surface area contributed by atoms with Gasteiger partial charge in [-0.1, -0.05) is 76.8 Å². The Balaban J connectivity index is 2.79. The second-order valence-corrected chi connectivity index (χ2v) is 9.26. The number of hydrogen-bond acceptors (Lipinski definition) is 6. The molecule has 0 aliphatic rings. The lowest BCUT2D eigenvalue weighted by Gasteiger charge is -2.09. The van der Waals surface area contributed by atoms with Crippen molar-refractivity contribution in [3.8, 4) is 0 Å². The molecule has 0 fully saturated rings. The van der Waals surface area contributed by atoms with Gasteiger partial charge < -0.3 is 0 Å². The molecule has 0 aromatic carbocycles. The Morgan fingerprint density at radius 3 is 1.00 bits per heavy atom. The van der Waals surface area contributed by atoms with Crippen LogP contribution in [-0.2, 0) is 0 Å². The van der Waals surface area contributed by atoms with Gasteiger partial charge in [0.25, 0.3) is 0 Å². The van der Waals surface area contributed by atoms with Crippen LogP contribution in [0, 0.1) is 17.8 Å². The second kappa shape index (κ2) is 9.95. The maximum absolute atomic E-state index is 4.59. The van der Waals surface area contributed by atoms with E-state index in [9.17, 15) is 0 Å². The van der Waals surface area contributed by atoms with Gasteiger partial charge in [-0.25, -0.2) is 0 Å². The molecule has 1 heterocycles. The Hall–Kier alpha value is 0.0600. The van der Waals surface area contributed by atoms with Crippen molar-refractivity contribution in [3.63, 3.8) is 0 Å². The average molecular weight is 346 g/mol. The van der Waals surface area contributed by atoms with Crippen molar-refractivity contribution in [2.24, 2.45) is 17.8 Å². The molecule has 0 bridgehead atoms. The van der Waals surface area contributed by atoms with Gasteiger partial charge in [-0.05, 0) is 17.8 Å². The molecular weight excluding hydrogens is 318 g/mol. The van der Waals surface area contributed by atoms with E-state index in [1.165, 1.54) is 0 Å². The van der Waals surface area contributed by atoms with Crippen LogP contribution in [0.3, 0.4) is 0 Å². The lowest BCUT2D eigenvalue weighted by molar-refractivity contribution is 0.696. The lowest BCUT2D eigenvalue weighted by atomic mass is 10.3. The highest BCUT2D eigenvalue weighted by Crippen LogP contribution is 2.25. The van der Waals surface area contributed by atoms with Gasteiger partial charge in [-0.15, -0.1) is 0 Å². The van der Waals surface area contributed by atoms with Crippen LogP contribution in [0.2, 0.25) is 0 Å². The topological polar surface area (TPSA) is 38.7 Å². The zero-order chi connectivity index (χ0) is 15.8. The Labute approximate surface area is 142 Å². The van der Waals surface area contributed by atoms with Crippen molar-refractivity contribution in [1.82, 2.24) is 15.0 Å². The monoisotopic (exact) mass is 345 g/mol. The van der Waals surface area contributed by atoms with E-state index >= 15 is 0 Å². The van der Waals surface area contributed by atoms with E-state index in [2.05, 4.69) is 56.5 Å². The van der Waals surface area contributed by atoms with Crippen LogP contribution in [0.15, 0.2) is 15.5 Å². The van der Waals surface area contributed by atoms with Gasteiger partial charge in [-0.3, -0.25) is 0 Å². The fourth-order valence-electron chi connectivity index (χ4n) is 1.24. The molecule has 1 aromatic rings. The normalized spacial score (nSPS) is 11.9. The van der Waals surface area contributed by atoms with Gasteiger partial charge in [0.1, 0.15) is 0 Å². The number of nitrogens with zero attached hydrogens (tertiary/aromatic N) is 3. The average Bonchev–Trinajstić information content (AvgIpc) is 2.40. The summed E-state index contributed by atoms with van der Waals surface area (Å²) in [6.07, 6.45) is 0. The highest BCUT2D eigenvalue weighted by atomic mass is 32.2. The largest absolute Gasteiger partial charge is 0.196 e. The smallest absolute Gasteiger partial charge is 0.192 e. The zero-order valence-electron chi connectivity index (χ0n) is 13.9. The summed E-state index contributed by atoms with van der Waals surface area (Å²) in [5, 5.41) is 2.61. The van der Waals surface area contributed by atoms with Crippen molar-refractivity contribution < 1.29 is 0 Å². The minimum Gasteiger partial charge on any atom is -0.196 e. The Bertz CT molecular complexity index is 348. The standard InChI is InChI=1S/C15H27N3S3/c1-10(2)7-19-13-16-14(20-8-11(3)4)18-15(17-13)21-9-12(5)6/h10-12H,7-9H2,1-6H3. The summed E-state index contributed by atoms with van der Waals surface area (Å²) >= 11 is 5.21. The predicted molar refractivity (Wildman–Crippen MR) is 96.5 cm³/mol. The van der Waals surface area contributed by atoms with E-state index in [1.807, 2.05) is 0 Å². The second-order valence-electron chi connectivity index (χ2n) is 6.30. The molecule has 0 unspecified atom stereocenters. The molecule has 0 radical (unpaired) electrons. The first kappa shape index (κ1) is 19.1. The molecule has 0 saturated heterocycles. The first-order chi connectivity index (χ1) is 9.86. The molecule has 3 nitrogen and oxygen atoms in total. The van der Waals surface area contributed by atoms with Crippen LogP contribution < -0.4 is 0 Å². The summed E-state index contributed by atoms with van der Waals surface area (Å²) < 4.78 is 0. The molecule has 0 spiro atoms. The quantitative estimate of drug-likeness (QED) is 0.579. The van der Waals surface area contributed by atoms with Gasteiger partial charge in [-0.2, -0.15) is 15.0 Å². The van der Waals surface area contributed by atoms with Crippen LogP contribution in [-0.4, -0.2) is 32.2 Å². The molecule has 21 heavy (non-hydrogen) atoms. The van der Waals surface area contributed by atoms with Gasteiger partial charge in [0.05, 0.1) is 0 Å². The molecule has 0 aliphatic heterocycles. The van der Waals surface area contributed by atoms with E-state index < -0.39 is 0 Å². The third kappa shape index (κ3) is 8.94. The molecule has 0 N–H and O–H groups in total. The Morgan fingerprint density at radius 1 is 0.571 bits per heavy atom. The molecule has 0 amide bonds. The summed E-state index contributed by atoms with van der Waals surface area (Å²) in [7, 11) is 0. The lowest BCUT2D eigenvalue weighted by Crippen LogP contribution is -2.02. The first-order valence-corrected chi connectivity index (χ1v) is 10.5. The van der Waals surface area contributed by atoms with Gasteiger partial charge >= 0.3 is 0 Å². The molecule has 0 atom stereocenters. The maximum atomic E-state index is 4.59. The minimum absolute atomic E-state index is 0.644. The van der Waals surface area contributed by atoms with E-state index in [1.54, 1.807) is 35.3 Å². The number of hydrogen-bond donors (Lipinski definition) is 0. The van der Waals surface area contributed by atoms with Crippen LogP contribution in [0.25, 0.3) is 0 Å². The molecule has 0 saturated carbocycles. The van der Waals surface area contributed by atoms with Crippen LogP contribution in [0.4, 0.5) is 0 Å². The predicted octanol–water partition coefficient (Wildman–Crippen LogP) is 5.12. The third-order valence-corrected chi connectivity index (χ3v) is 6.03.